The van der Waals surface area contributed by atoms with Crippen LogP contribution in [0.15, 0.2) is 114 Å². The summed E-state index contributed by atoms with van der Waals surface area (Å²) in [5.41, 5.74) is 4.25. The highest BCUT2D eigenvalue weighted by atomic mass is 28.4. The molecule has 0 bridgehead atoms. The van der Waals surface area contributed by atoms with Gasteiger partial charge in [-0.25, -0.2) is 0 Å². The fourth-order valence-corrected chi connectivity index (χ4v) is 11.5. The van der Waals surface area contributed by atoms with Crippen LogP contribution < -0.4 is 15.9 Å². The number of H-pyrrole nitrogens is 1. The Morgan fingerprint density at radius 1 is 0.791 bits per heavy atom. The maximum absolute atomic E-state index is 12.7. The normalized spacial score (nSPS) is 15.2. The van der Waals surface area contributed by atoms with Gasteiger partial charge in [0.25, 0.3) is 13.9 Å². The van der Waals surface area contributed by atoms with E-state index in [-0.39, 0.29) is 16.7 Å². The summed E-state index contributed by atoms with van der Waals surface area (Å²) in [6, 6.07) is 38.5. The summed E-state index contributed by atoms with van der Waals surface area (Å²) in [5.74, 6) is 0. The van der Waals surface area contributed by atoms with E-state index < -0.39 is 8.32 Å². The largest absolute Gasteiger partial charge is 0.404 e. The van der Waals surface area contributed by atoms with Gasteiger partial charge in [0.2, 0.25) is 0 Å². The van der Waals surface area contributed by atoms with E-state index in [0.717, 1.165) is 60.1 Å². The average molecular weight is 587 g/mol. The quantitative estimate of drug-likeness (QED) is 0.208. The lowest BCUT2D eigenvalue weighted by atomic mass is 10.0. The standard InChI is InChI=1S/C38H42N2O2Si/c1-28-12-11-17-34-35(28)26-36(39-37(34)41)30-20-18-29(19-21-30)27-40-24-22-31(23-25-40)42-43(38(2,3)4,32-13-7-5-8-14-32)33-15-9-6-10-16-33/h5-21,26,31H,22-25,27H2,1-4H3,(H,39,41). The number of benzene rings is 4. The molecular formula is C38H42N2O2Si. The number of rotatable bonds is 7. The lowest BCUT2D eigenvalue weighted by Crippen LogP contribution is -2.68. The van der Waals surface area contributed by atoms with Crippen molar-refractivity contribution in [2.24, 2.45) is 0 Å². The number of hydrogen-bond acceptors (Lipinski definition) is 3. The molecule has 0 radical (unpaired) electrons. The van der Waals surface area contributed by atoms with Gasteiger partial charge in [-0.3, -0.25) is 9.69 Å². The van der Waals surface area contributed by atoms with E-state index in [0.29, 0.717) is 0 Å². The smallest absolute Gasteiger partial charge is 0.261 e. The van der Waals surface area contributed by atoms with Gasteiger partial charge >= 0.3 is 0 Å². The molecule has 1 fully saturated rings. The van der Waals surface area contributed by atoms with Crippen LogP contribution in [-0.2, 0) is 11.0 Å². The van der Waals surface area contributed by atoms with Crippen molar-refractivity contribution >= 4 is 29.5 Å². The first-order chi connectivity index (χ1) is 20.7. The van der Waals surface area contributed by atoms with Crippen molar-refractivity contribution in [2.45, 2.75) is 58.2 Å². The van der Waals surface area contributed by atoms with Gasteiger partial charge in [-0.1, -0.05) is 118 Å². The van der Waals surface area contributed by atoms with E-state index in [9.17, 15) is 4.79 Å². The minimum Gasteiger partial charge on any atom is -0.404 e. The van der Waals surface area contributed by atoms with Gasteiger partial charge in [0.15, 0.2) is 0 Å². The predicted molar refractivity (Wildman–Crippen MR) is 182 cm³/mol. The second-order valence-corrected chi connectivity index (χ2v) is 17.3. The van der Waals surface area contributed by atoms with Crippen molar-refractivity contribution < 1.29 is 4.43 Å². The van der Waals surface area contributed by atoms with E-state index in [2.05, 4.69) is 135 Å². The Bertz CT molecular complexity index is 1690. The van der Waals surface area contributed by atoms with Crippen molar-refractivity contribution in [3.63, 3.8) is 0 Å². The van der Waals surface area contributed by atoms with Gasteiger partial charge in [0.05, 0.1) is 0 Å². The van der Waals surface area contributed by atoms with Crippen LogP contribution in [0.5, 0.6) is 0 Å². The van der Waals surface area contributed by atoms with Crippen molar-refractivity contribution in [2.75, 3.05) is 13.1 Å². The second-order valence-electron chi connectivity index (χ2n) is 13.0. The summed E-state index contributed by atoms with van der Waals surface area (Å²) in [5, 5.41) is 4.43. The molecule has 5 heteroatoms. The number of nitrogens with zero attached hydrogens (tertiary/aromatic N) is 1. The molecule has 1 aromatic heterocycles. The van der Waals surface area contributed by atoms with Crippen molar-refractivity contribution in [1.29, 1.82) is 0 Å². The number of pyridine rings is 1. The molecule has 220 valence electrons. The Hall–Kier alpha value is -3.77. The summed E-state index contributed by atoms with van der Waals surface area (Å²) in [6.07, 6.45) is 2.29. The number of hydrogen-bond donors (Lipinski definition) is 1. The van der Waals surface area contributed by atoms with Gasteiger partial charge in [0, 0.05) is 36.8 Å². The summed E-state index contributed by atoms with van der Waals surface area (Å²) >= 11 is 0. The summed E-state index contributed by atoms with van der Waals surface area (Å²) in [6.45, 7) is 12.1. The molecule has 0 unspecified atom stereocenters. The van der Waals surface area contributed by atoms with E-state index >= 15 is 0 Å². The lowest BCUT2D eigenvalue weighted by Gasteiger charge is -2.46. The molecule has 2 heterocycles. The van der Waals surface area contributed by atoms with Crippen LogP contribution in [0.4, 0.5) is 0 Å². The first-order valence-corrected chi connectivity index (χ1v) is 17.4. The monoisotopic (exact) mass is 586 g/mol. The van der Waals surface area contributed by atoms with Gasteiger partial charge in [-0.15, -0.1) is 0 Å². The topological polar surface area (TPSA) is 45.3 Å². The van der Waals surface area contributed by atoms with E-state index in [1.165, 1.54) is 15.9 Å². The maximum atomic E-state index is 12.7. The number of likely N-dealkylation sites (tertiary alicyclic amines) is 1. The fourth-order valence-electron chi connectivity index (χ4n) is 6.77. The van der Waals surface area contributed by atoms with Gasteiger partial charge < -0.3 is 9.41 Å². The summed E-state index contributed by atoms with van der Waals surface area (Å²) < 4.78 is 7.41. The molecule has 1 aliphatic heterocycles. The summed E-state index contributed by atoms with van der Waals surface area (Å²) in [4.78, 5) is 18.3. The molecule has 0 amide bonds. The zero-order valence-electron chi connectivity index (χ0n) is 25.8. The Balaban J connectivity index is 1.15. The van der Waals surface area contributed by atoms with E-state index in [1.54, 1.807) is 0 Å². The highest BCUT2D eigenvalue weighted by molar-refractivity contribution is 6.99. The molecule has 4 nitrogen and oxygen atoms in total. The molecule has 1 N–H and O–H groups in total. The Morgan fingerprint density at radius 2 is 1.40 bits per heavy atom. The highest BCUT2D eigenvalue weighted by Gasteiger charge is 2.51. The maximum Gasteiger partial charge on any atom is 0.261 e. The van der Waals surface area contributed by atoms with Crippen LogP contribution >= 0.6 is 0 Å². The molecule has 0 aliphatic carbocycles. The zero-order chi connectivity index (χ0) is 30.0. The van der Waals surface area contributed by atoms with Crippen molar-refractivity contribution in [3.8, 4) is 11.3 Å². The third-order valence-electron chi connectivity index (χ3n) is 9.07. The Kier molecular flexibility index (Phi) is 8.23. The zero-order valence-corrected chi connectivity index (χ0v) is 26.8. The summed E-state index contributed by atoms with van der Waals surface area (Å²) in [7, 11) is -2.54. The van der Waals surface area contributed by atoms with Gasteiger partial charge in [-0.05, 0) is 69.4 Å². The SMILES string of the molecule is Cc1cccc2c(=O)[nH]c(-c3ccc(CN4CCC(O[Si](c5ccccc5)(c5ccccc5)C(C)(C)C)CC4)cc3)cc12. The fraction of sp³-hybridized carbons (Fsp3) is 0.289. The van der Waals surface area contributed by atoms with Crippen LogP contribution in [0, 0.1) is 6.92 Å². The number of aromatic amines is 1. The Morgan fingerprint density at radius 3 is 1.98 bits per heavy atom. The first kappa shape index (κ1) is 29.3. The molecule has 43 heavy (non-hydrogen) atoms. The van der Waals surface area contributed by atoms with Crippen LogP contribution in [0.3, 0.4) is 0 Å². The van der Waals surface area contributed by atoms with Gasteiger partial charge in [-0.2, -0.15) is 0 Å². The first-order valence-electron chi connectivity index (χ1n) is 15.5. The van der Waals surface area contributed by atoms with E-state index in [1.807, 2.05) is 12.1 Å². The molecule has 5 aromatic rings. The molecule has 1 aliphatic rings. The minimum atomic E-state index is -2.54. The second kappa shape index (κ2) is 12.1. The van der Waals surface area contributed by atoms with Gasteiger partial charge in [0.1, 0.15) is 0 Å². The van der Waals surface area contributed by atoms with Crippen LogP contribution in [0.1, 0.15) is 44.7 Å². The molecule has 4 aromatic carbocycles. The average Bonchev–Trinajstić information content (AvgIpc) is 3.02. The number of nitrogens with one attached hydrogen (secondary N) is 1. The molecule has 0 atom stereocenters. The third-order valence-corrected chi connectivity index (χ3v) is 14.2. The van der Waals surface area contributed by atoms with E-state index in [4.69, 9.17) is 4.43 Å². The molecule has 1 saturated heterocycles. The molecule has 0 saturated carbocycles. The van der Waals surface area contributed by atoms with Crippen LogP contribution in [-0.4, -0.2) is 37.4 Å². The number of aromatic nitrogens is 1. The third kappa shape index (κ3) is 5.90. The molecular weight excluding hydrogens is 545 g/mol. The minimum absolute atomic E-state index is 0.0113. The predicted octanol–water partition coefficient (Wildman–Crippen LogP) is 7.04. The number of piperidine rings is 1. The number of fused-ring (bicyclic) bond motifs is 1. The van der Waals surface area contributed by atoms with Crippen molar-refractivity contribution in [1.82, 2.24) is 9.88 Å². The molecule has 0 spiro atoms. The highest BCUT2D eigenvalue weighted by Crippen LogP contribution is 2.38. The molecule has 6 rings (SSSR count). The lowest BCUT2D eigenvalue weighted by molar-refractivity contribution is 0.0895. The van der Waals surface area contributed by atoms with Crippen LogP contribution in [0.25, 0.3) is 22.0 Å². The number of aryl methyl sites for hydroxylation is 1. The van der Waals surface area contributed by atoms with Crippen molar-refractivity contribution in [3.05, 3.63) is 131 Å². The van der Waals surface area contributed by atoms with Crippen LogP contribution in [0.2, 0.25) is 5.04 Å². The Labute approximate surface area is 256 Å².